The Morgan fingerprint density at radius 1 is 0.407 bits per heavy atom. The summed E-state index contributed by atoms with van der Waals surface area (Å²) in [5.74, 6) is 6.46. The van der Waals surface area contributed by atoms with Gasteiger partial charge in [0, 0.05) is 11.1 Å². The van der Waals surface area contributed by atoms with Crippen LogP contribution in [0.15, 0.2) is 103 Å². The van der Waals surface area contributed by atoms with E-state index in [4.69, 9.17) is 0 Å². The van der Waals surface area contributed by atoms with Crippen LogP contribution in [0.4, 0.5) is 0 Å². The highest BCUT2D eigenvalue weighted by atomic mass is 14.0. The molecule has 0 radical (unpaired) electrons. The number of hydrogen-bond donors (Lipinski definition) is 0. The molecule has 0 saturated heterocycles. The van der Waals surface area contributed by atoms with E-state index in [2.05, 4.69) is 116 Å². The zero-order chi connectivity index (χ0) is 18.5. The molecule has 0 bridgehead atoms. The van der Waals surface area contributed by atoms with Crippen LogP contribution in [0.2, 0.25) is 0 Å². The standard InChI is InChI=1S/C27H20/c1-21-7-9-22(10-8-21)11-12-23-13-15-25(16-14-23)27-19-17-26(18-20-27)24-5-3-2-4-6-24/h2-10,13-20H,1H3. The number of hydrogen-bond acceptors (Lipinski definition) is 0. The Morgan fingerprint density at radius 2 is 0.778 bits per heavy atom. The third kappa shape index (κ3) is 4.17. The topological polar surface area (TPSA) is 0 Å². The molecule has 4 aromatic carbocycles. The summed E-state index contributed by atoms with van der Waals surface area (Å²) in [7, 11) is 0. The molecule has 4 rings (SSSR count). The predicted molar refractivity (Wildman–Crippen MR) is 114 cm³/mol. The Labute approximate surface area is 161 Å². The summed E-state index contributed by atoms with van der Waals surface area (Å²) >= 11 is 0. The van der Waals surface area contributed by atoms with Crippen molar-refractivity contribution in [2.45, 2.75) is 6.92 Å². The van der Waals surface area contributed by atoms with Gasteiger partial charge in [0.05, 0.1) is 0 Å². The zero-order valence-electron chi connectivity index (χ0n) is 15.3. The van der Waals surface area contributed by atoms with Crippen molar-refractivity contribution in [3.8, 4) is 34.1 Å². The number of benzene rings is 4. The zero-order valence-corrected chi connectivity index (χ0v) is 15.3. The fraction of sp³-hybridized carbons (Fsp3) is 0.0370. The third-order valence-corrected chi connectivity index (χ3v) is 4.61. The van der Waals surface area contributed by atoms with Crippen molar-refractivity contribution in [2.24, 2.45) is 0 Å². The molecule has 0 nitrogen and oxygen atoms in total. The Balaban J connectivity index is 1.51. The van der Waals surface area contributed by atoms with Gasteiger partial charge in [-0.3, -0.25) is 0 Å². The monoisotopic (exact) mass is 344 g/mol. The Hall–Kier alpha value is -3.56. The molecule has 0 atom stereocenters. The lowest BCUT2D eigenvalue weighted by atomic mass is 10.00. The molecule has 0 aliphatic carbocycles. The summed E-state index contributed by atoms with van der Waals surface area (Å²) in [6.45, 7) is 2.09. The molecule has 0 N–H and O–H groups in total. The predicted octanol–water partition coefficient (Wildman–Crippen LogP) is 6.73. The minimum atomic E-state index is 1.03. The quantitative estimate of drug-likeness (QED) is 0.354. The summed E-state index contributed by atoms with van der Waals surface area (Å²) in [6.07, 6.45) is 0. The first-order valence-corrected chi connectivity index (χ1v) is 9.12. The second-order valence-electron chi connectivity index (χ2n) is 6.64. The largest absolute Gasteiger partial charge is 0.0622 e. The molecule has 0 heteroatoms. The van der Waals surface area contributed by atoms with Crippen molar-refractivity contribution in [2.75, 3.05) is 0 Å². The maximum absolute atomic E-state index is 3.24. The fourth-order valence-electron chi connectivity index (χ4n) is 3.01. The highest BCUT2D eigenvalue weighted by Gasteiger charge is 2.00. The molecule has 0 fully saturated rings. The molecule has 0 heterocycles. The molecule has 128 valence electrons. The minimum absolute atomic E-state index is 1.03. The molecule has 0 unspecified atom stereocenters. The normalized spacial score (nSPS) is 10.1. The maximum Gasteiger partial charge on any atom is 0.0249 e. The first kappa shape index (κ1) is 16.9. The molecule has 0 aliphatic rings. The van der Waals surface area contributed by atoms with Crippen LogP contribution >= 0.6 is 0 Å². The van der Waals surface area contributed by atoms with E-state index >= 15 is 0 Å². The first-order valence-electron chi connectivity index (χ1n) is 9.12. The van der Waals surface area contributed by atoms with E-state index in [9.17, 15) is 0 Å². The molecular weight excluding hydrogens is 324 g/mol. The van der Waals surface area contributed by atoms with Crippen LogP contribution in [0.3, 0.4) is 0 Å². The second kappa shape index (κ2) is 7.77. The molecule has 0 aliphatic heterocycles. The molecular formula is C27H20. The summed E-state index contributed by atoms with van der Waals surface area (Å²) in [6, 6.07) is 35.9. The fourth-order valence-corrected chi connectivity index (χ4v) is 3.01. The van der Waals surface area contributed by atoms with E-state index in [1.807, 2.05) is 6.07 Å². The average molecular weight is 344 g/mol. The third-order valence-electron chi connectivity index (χ3n) is 4.61. The van der Waals surface area contributed by atoms with Gasteiger partial charge in [-0.25, -0.2) is 0 Å². The second-order valence-corrected chi connectivity index (χ2v) is 6.64. The van der Waals surface area contributed by atoms with Crippen molar-refractivity contribution >= 4 is 0 Å². The van der Waals surface area contributed by atoms with Gasteiger partial charge >= 0.3 is 0 Å². The molecule has 27 heavy (non-hydrogen) atoms. The lowest BCUT2D eigenvalue weighted by Gasteiger charge is -2.05. The van der Waals surface area contributed by atoms with Crippen molar-refractivity contribution in [3.63, 3.8) is 0 Å². The van der Waals surface area contributed by atoms with Gasteiger partial charge in [-0.05, 0) is 53.4 Å². The number of rotatable bonds is 2. The van der Waals surface area contributed by atoms with Gasteiger partial charge in [0.2, 0.25) is 0 Å². The van der Waals surface area contributed by atoms with Crippen LogP contribution in [-0.2, 0) is 0 Å². The van der Waals surface area contributed by atoms with Gasteiger partial charge in [0.1, 0.15) is 0 Å². The highest BCUT2D eigenvalue weighted by molar-refractivity contribution is 5.70. The lowest BCUT2D eigenvalue weighted by molar-refractivity contribution is 1.46. The van der Waals surface area contributed by atoms with E-state index in [1.54, 1.807) is 0 Å². The molecule has 4 aromatic rings. The van der Waals surface area contributed by atoms with Crippen LogP contribution < -0.4 is 0 Å². The van der Waals surface area contributed by atoms with E-state index in [1.165, 1.54) is 27.8 Å². The van der Waals surface area contributed by atoms with Gasteiger partial charge in [0.15, 0.2) is 0 Å². The van der Waals surface area contributed by atoms with Gasteiger partial charge in [-0.1, -0.05) is 96.3 Å². The Bertz CT molecular complexity index is 1070. The summed E-state index contributed by atoms with van der Waals surface area (Å²) < 4.78 is 0. The van der Waals surface area contributed by atoms with Crippen LogP contribution in [0.25, 0.3) is 22.3 Å². The minimum Gasteiger partial charge on any atom is -0.0622 e. The molecule has 0 spiro atoms. The van der Waals surface area contributed by atoms with Crippen molar-refractivity contribution < 1.29 is 0 Å². The molecule has 0 amide bonds. The molecule has 0 saturated carbocycles. The Kier molecular flexibility index (Phi) is 4.86. The summed E-state index contributed by atoms with van der Waals surface area (Å²) in [4.78, 5) is 0. The van der Waals surface area contributed by atoms with Gasteiger partial charge in [0.25, 0.3) is 0 Å². The van der Waals surface area contributed by atoms with Crippen LogP contribution in [0.1, 0.15) is 16.7 Å². The van der Waals surface area contributed by atoms with Gasteiger partial charge in [-0.2, -0.15) is 0 Å². The van der Waals surface area contributed by atoms with Crippen molar-refractivity contribution in [1.82, 2.24) is 0 Å². The van der Waals surface area contributed by atoms with Crippen LogP contribution in [0.5, 0.6) is 0 Å². The highest BCUT2D eigenvalue weighted by Crippen LogP contribution is 2.25. The SMILES string of the molecule is Cc1ccc(C#Cc2ccc(-c3ccc(-c4ccccc4)cc3)cc2)cc1. The van der Waals surface area contributed by atoms with E-state index in [0.717, 1.165) is 11.1 Å². The van der Waals surface area contributed by atoms with E-state index in [0.29, 0.717) is 0 Å². The van der Waals surface area contributed by atoms with Crippen molar-refractivity contribution in [1.29, 1.82) is 0 Å². The van der Waals surface area contributed by atoms with Crippen LogP contribution in [0, 0.1) is 18.8 Å². The summed E-state index contributed by atoms with van der Waals surface area (Å²) in [5.41, 5.74) is 8.22. The Morgan fingerprint density at radius 3 is 1.26 bits per heavy atom. The van der Waals surface area contributed by atoms with E-state index in [-0.39, 0.29) is 0 Å². The smallest absolute Gasteiger partial charge is 0.0249 e. The van der Waals surface area contributed by atoms with E-state index < -0.39 is 0 Å². The molecule has 0 aromatic heterocycles. The van der Waals surface area contributed by atoms with Crippen molar-refractivity contribution in [3.05, 3.63) is 120 Å². The first-order chi connectivity index (χ1) is 13.3. The number of aryl methyl sites for hydroxylation is 1. The summed E-state index contributed by atoms with van der Waals surface area (Å²) in [5, 5.41) is 0. The van der Waals surface area contributed by atoms with Gasteiger partial charge < -0.3 is 0 Å². The average Bonchev–Trinajstić information content (AvgIpc) is 2.75. The van der Waals surface area contributed by atoms with Crippen LogP contribution in [-0.4, -0.2) is 0 Å². The lowest BCUT2D eigenvalue weighted by Crippen LogP contribution is -1.81. The maximum atomic E-state index is 3.24. The van der Waals surface area contributed by atoms with Gasteiger partial charge in [-0.15, -0.1) is 0 Å².